The van der Waals surface area contributed by atoms with Crippen LogP contribution in [-0.2, 0) is 19.2 Å². The lowest BCUT2D eigenvalue weighted by atomic mass is 10.0. The molecule has 4 N–H and O–H groups in total. The second-order valence-corrected chi connectivity index (χ2v) is 17.3. The maximum Gasteiger partial charge on any atom is 0.247 e. The Morgan fingerprint density at radius 2 is 0.450 bits per heavy atom. The van der Waals surface area contributed by atoms with Gasteiger partial charge in [-0.25, -0.2) is 0 Å². The average molecular weight is 841 g/mol. The summed E-state index contributed by atoms with van der Waals surface area (Å²) in [7, 11) is 0. The Kier molecular flexibility index (Phi) is 43.0. The van der Waals surface area contributed by atoms with Crippen molar-refractivity contribution in [3.05, 3.63) is 0 Å². The third kappa shape index (κ3) is 36.7. The second kappa shape index (κ2) is 45.4. The zero-order valence-electron chi connectivity index (χ0n) is 39.0. The summed E-state index contributed by atoms with van der Waals surface area (Å²) in [4.78, 5) is 49.8. The monoisotopic (exact) mass is 841 g/mol. The standard InChI is InChI=1S/C50H92N6O4/c1-3-5-7-9-11-13-15-17-19-21-23-25-27-29-31-35-39-53-47(57)45(43-51)49(59)55-41-37-33-34-38-42-56-50(60)46(44-52)48(58)54-40-36-32-30-28-26-24-22-20-18-16-14-12-10-8-6-4-2/h45-46H,3-42H2,1-2H3,(H,53,57)(H,54,58)(H,55,59)(H,56,60). The molecule has 0 aromatic rings. The van der Waals surface area contributed by atoms with Crippen LogP contribution in [0.15, 0.2) is 0 Å². The fraction of sp³-hybridized carbons (Fsp3) is 0.880. The Morgan fingerprint density at radius 3 is 0.600 bits per heavy atom. The fourth-order valence-corrected chi connectivity index (χ4v) is 7.68. The molecule has 0 aliphatic heterocycles. The molecule has 0 aliphatic rings. The molecule has 0 rings (SSSR count). The van der Waals surface area contributed by atoms with E-state index in [0.717, 1.165) is 51.4 Å². The van der Waals surface area contributed by atoms with Gasteiger partial charge in [0.1, 0.15) is 0 Å². The highest BCUT2D eigenvalue weighted by molar-refractivity contribution is 6.03. The first-order valence-corrected chi connectivity index (χ1v) is 25.3. The minimum atomic E-state index is -1.36. The Morgan fingerprint density at radius 1 is 0.300 bits per heavy atom. The van der Waals surface area contributed by atoms with Crippen LogP contribution in [0.1, 0.15) is 245 Å². The van der Waals surface area contributed by atoms with Gasteiger partial charge in [-0.05, 0) is 25.7 Å². The average Bonchev–Trinajstić information content (AvgIpc) is 3.24. The van der Waals surface area contributed by atoms with Gasteiger partial charge in [-0.2, -0.15) is 10.5 Å². The zero-order chi connectivity index (χ0) is 44.0. The number of nitrogens with one attached hydrogen (secondary N) is 4. The van der Waals surface area contributed by atoms with Crippen molar-refractivity contribution in [2.45, 2.75) is 245 Å². The lowest BCUT2D eigenvalue weighted by molar-refractivity contribution is -0.134. The van der Waals surface area contributed by atoms with Crippen molar-refractivity contribution in [2.24, 2.45) is 11.8 Å². The molecule has 0 fully saturated rings. The van der Waals surface area contributed by atoms with Gasteiger partial charge in [0, 0.05) is 26.2 Å². The first-order chi connectivity index (χ1) is 29.4. The van der Waals surface area contributed by atoms with Crippen molar-refractivity contribution in [3.8, 4) is 12.1 Å². The summed E-state index contributed by atoms with van der Waals surface area (Å²) in [6, 6.07) is 3.66. The van der Waals surface area contributed by atoms with Gasteiger partial charge in [-0.15, -0.1) is 0 Å². The number of hydrogen-bond donors (Lipinski definition) is 4. The number of carbonyl (C=O) groups is 4. The first-order valence-electron chi connectivity index (χ1n) is 25.3. The van der Waals surface area contributed by atoms with E-state index in [9.17, 15) is 29.7 Å². The maximum absolute atomic E-state index is 12.5. The number of rotatable bonds is 45. The second-order valence-electron chi connectivity index (χ2n) is 17.3. The quantitative estimate of drug-likeness (QED) is 0.0352. The molecule has 10 heteroatoms. The summed E-state index contributed by atoms with van der Waals surface area (Å²) in [6.45, 7) is 6.17. The van der Waals surface area contributed by atoms with E-state index < -0.39 is 35.5 Å². The van der Waals surface area contributed by atoms with E-state index in [4.69, 9.17) is 0 Å². The van der Waals surface area contributed by atoms with Crippen molar-refractivity contribution >= 4 is 23.6 Å². The highest BCUT2D eigenvalue weighted by Crippen LogP contribution is 2.15. The summed E-state index contributed by atoms with van der Waals surface area (Å²) in [5.41, 5.74) is 0. The Hall–Kier alpha value is -3.14. The van der Waals surface area contributed by atoms with Gasteiger partial charge in [0.25, 0.3) is 0 Å². The van der Waals surface area contributed by atoms with Crippen molar-refractivity contribution < 1.29 is 19.2 Å². The molecule has 346 valence electrons. The fourth-order valence-electron chi connectivity index (χ4n) is 7.68. The molecule has 4 amide bonds. The van der Waals surface area contributed by atoms with Crippen LogP contribution in [-0.4, -0.2) is 49.8 Å². The number of nitriles is 2. The van der Waals surface area contributed by atoms with Crippen LogP contribution in [0.4, 0.5) is 0 Å². The molecule has 0 bridgehead atoms. The predicted molar refractivity (Wildman–Crippen MR) is 248 cm³/mol. The molecule has 0 aliphatic carbocycles. The highest BCUT2D eigenvalue weighted by Gasteiger charge is 2.26. The van der Waals surface area contributed by atoms with Crippen molar-refractivity contribution in [1.82, 2.24) is 21.3 Å². The van der Waals surface area contributed by atoms with E-state index in [-0.39, 0.29) is 0 Å². The third-order valence-corrected chi connectivity index (χ3v) is 11.7. The molecule has 0 aromatic carbocycles. The molecular weight excluding hydrogens is 749 g/mol. The lowest BCUT2D eigenvalue weighted by Gasteiger charge is -2.12. The molecule has 0 saturated heterocycles. The molecule has 0 radical (unpaired) electrons. The van der Waals surface area contributed by atoms with E-state index in [1.54, 1.807) is 0 Å². The van der Waals surface area contributed by atoms with Gasteiger partial charge in [0.15, 0.2) is 0 Å². The van der Waals surface area contributed by atoms with Crippen LogP contribution in [0.5, 0.6) is 0 Å². The SMILES string of the molecule is CCCCCCCCCCCCCCCCCCNC(=O)C(C#N)C(=O)NCCCCCCNC(=O)C(C#N)C(=O)NCCCCCCCCCCCCCCCCCC. The van der Waals surface area contributed by atoms with Crippen LogP contribution in [0.3, 0.4) is 0 Å². The van der Waals surface area contributed by atoms with Crippen LogP contribution < -0.4 is 21.3 Å². The number of hydrogen-bond acceptors (Lipinski definition) is 6. The van der Waals surface area contributed by atoms with Gasteiger partial charge in [-0.1, -0.05) is 219 Å². The van der Waals surface area contributed by atoms with Crippen molar-refractivity contribution in [2.75, 3.05) is 26.2 Å². The van der Waals surface area contributed by atoms with Crippen LogP contribution in [0.2, 0.25) is 0 Å². The topological polar surface area (TPSA) is 164 Å². The lowest BCUT2D eigenvalue weighted by Crippen LogP contribution is -2.41. The van der Waals surface area contributed by atoms with E-state index in [2.05, 4.69) is 35.1 Å². The molecular formula is C50H92N6O4. The smallest absolute Gasteiger partial charge is 0.247 e. The predicted octanol–water partition coefficient (Wildman–Crippen LogP) is 11.8. The van der Waals surface area contributed by atoms with Crippen molar-refractivity contribution in [1.29, 1.82) is 10.5 Å². The summed E-state index contributed by atoms with van der Waals surface area (Å²) < 4.78 is 0. The van der Waals surface area contributed by atoms with E-state index >= 15 is 0 Å². The molecule has 60 heavy (non-hydrogen) atoms. The van der Waals surface area contributed by atoms with Gasteiger partial charge in [0.05, 0.1) is 12.1 Å². The normalized spacial score (nSPS) is 11.9. The largest absolute Gasteiger partial charge is 0.355 e. The first kappa shape index (κ1) is 56.9. The molecule has 0 saturated carbocycles. The van der Waals surface area contributed by atoms with Gasteiger partial charge < -0.3 is 21.3 Å². The Balaban J connectivity index is 3.76. The highest BCUT2D eigenvalue weighted by atomic mass is 16.2. The van der Waals surface area contributed by atoms with Gasteiger partial charge >= 0.3 is 0 Å². The summed E-state index contributed by atoms with van der Waals surface area (Å²) in [6.07, 6.45) is 43.9. The number of amides is 4. The Labute approximate surface area is 368 Å². The van der Waals surface area contributed by atoms with E-state index in [1.807, 2.05) is 12.1 Å². The zero-order valence-corrected chi connectivity index (χ0v) is 39.0. The third-order valence-electron chi connectivity index (χ3n) is 11.7. The molecule has 0 aromatic heterocycles. The summed E-state index contributed by atoms with van der Waals surface area (Å²) in [5.74, 6) is -4.97. The molecule has 0 heterocycles. The number of unbranched alkanes of at least 4 members (excludes halogenated alkanes) is 33. The van der Waals surface area contributed by atoms with Crippen molar-refractivity contribution in [3.63, 3.8) is 0 Å². The summed E-state index contributed by atoms with van der Waals surface area (Å²) in [5, 5.41) is 29.8. The van der Waals surface area contributed by atoms with Crippen LogP contribution in [0, 0.1) is 34.5 Å². The molecule has 10 nitrogen and oxygen atoms in total. The maximum atomic E-state index is 12.5. The summed E-state index contributed by atoms with van der Waals surface area (Å²) >= 11 is 0. The minimum Gasteiger partial charge on any atom is -0.355 e. The van der Waals surface area contributed by atoms with Crippen LogP contribution >= 0.6 is 0 Å². The molecule has 0 spiro atoms. The number of carbonyl (C=O) groups excluding carboxylic acids is 4. The number of nitrogens with zero attached hydrogens (tertiary/aromatic N) is 2. The molecule has 2 unspecified atom stereocenters. The Bertz CT molecular complexity index is 1030. The molecule has 2 atom stereocenters. The minimum absolute atomic E-state index is 0.353. The van der Waals surface area contributed by atoms with Gasteiger partial charge in [0.2, 0.25) is 35.5 Å². The van der Waals surface area contributed by atoms with E-state index in [0.29, 0.717) is 39.0 Å². The van der Waals surface area contributed by atoms with E-state index in [1.165, 1.54) is 167 Å². The van der Waals surface area contributed by atoms with Gasteiger partial charge in [-0.3, -0.25) is 19.2 Å². The van der Waals surface area contributed by atoms with Crippen LogP contribution in [0.25, 0.3) is 0 Å².